The molecule has 3 rings (SSSR count). The molecule has 4 nitrogen and oxygen atoms in total. The van der Waals surface area contributed by atoms with E-state index in [-0.39, 0.29) is 23.1 Å². The summed E-state index contributed by atoms with van der Waals surface area (Å²) in [6, 6.07) is 3.51. The molecule has 158 valence electrons. The van der Waals surface area contributed by atoms with Crippen LogP contribution in [0.3, 0.4) is 0 Å². The smallest absolute Gasteiger partial charge is 0.422 e. The van der Waals surface area contributed by atoms with Crippen LogP contribution in [0.25, 0.3) is 0 Å². The molecule has 0 saturated carbocycles. The van der Waals surface area contributed by atoms with Gasteiger partial charge in [0.25, 0.3) is 0 Å². The molecule has 0 aromatic heterocycles. The largest absolute Gasteiger partial charge is 0.493 e. The van der Waals surface area contributed by atoms with Crippen molar-refractivity contribution in [2.24, 2.45) is 11.3 Å². The molecule has 1 saturated heterocycles. The Balaban J connectivity index is 1.82. The summed E-state index contributed by atoms with van der Waals surface area (Å²) in [4.78, 5) is 2.39. The molecule has 1 N–H and O–H groups in total. The lowest BCUT2D eigenvalue weighted by atomic mass is 9.75. The second-order valence-corrected chi connectivity index (χ2v) is 9.19. The first-order valence-electron chi connectivity index (χ1n) is 9.79. The molecule has 7 heteroatoms. The van der Waals surface area contributed by atoms with Crippen molar-refractivity contribution in [3.8, 4) is 11.5 Å². The second kappa shape index (κ2) is 7.75. The van der Waals surface area contributed by atoms with Crippen molar-refractivity contribution >= 4 is 0 Å². The third kappa shape index (κ3) is 4.92. The number of hydrogen-bond donors (Lipinski definition) is 1. The number of methoxy groups -OCH3 is 1. The normalized spacial score (nSPS) is 25.8. The number of fused-ring (bicyclic) bond motifs is 3. The third-order valence-electron chi connectivity index (χ3n) is 5.64. The van der Waals surface area contributed by atoms with Crippen LogP contribution in [0.2, 0.25) is 0 Å². The Kier molecular flexibility index (Phi) is 5.88. The molecule has 0 aliphatic carbocycles. The number of piperidine rings is 1. The SMILES string of the molecule is COc1cc2c(cc1OCC(F)(F)F)CCN1C[C@H](CC(C)(C)C)[C@H](O)C[C@@H]21. The van der Waals surface area contributed by atoms with Gasteiger partial charge in [-0.3, -0.25) is 4.90 Å². The van der Waals surface area contributed by atoms with E-state index < -0.39 is 18.9 Å². The van der Waals surface area contributed by atoms with Gasteiger partial charge in [-0.2, -0.15) is 13.2 Å². The van der Waals surface area contributed by atoms with Gasteiger partial charge in [-0.15, -0.1) is 0 Å². The molecule has 1 aromatic rings. The molecular weight excluding hydrogens is 371 g/mol. The fourth-order valence-electron chi connectivity index (χ4n) is 4.52. The van der Waals surface area contributed by atoms with E-state index in [9.17, 15) is 18.3 Å². The number of alkyl halides is 3. The fraction of sp³-hybridized carbons (Fsp3) is 0.714. The van der Waals surface area contributed by atoms with Gasteiger partial charge < -0.3 is 14.6 Å². The van der Waals surface area contributed by atoms with Crippen LogP contribution in [0.5, 0.6) is 11.5 Å². The minimum atomic E-state index is -4.40. The Morgan fingerprint density at radius 2 is 1.89 bits per heavy atom. The highest BCUT2D eigenvalue weighted by atomic mass is 19.4. The maximum absolute atomic E-state index is 12.5. The number of aliphatic hydroxyl groups is 1. The standard InChI is InChI=1S/C21H30F3NO3/c1-20(2,3)10-14-11-25-6-5-13-7-19(28-12-21(22,23)24)18(27-4)8-15(13)16(25)9-17(14)26/h7-8,14,16-17,26H,5-6,9-12H2,1-4H3/t14-,16-,17+/m0/s1. The zero-order valence-electron chi connectivity index (χ0n) is 17.0. The van der Waals surface area contributed by atoms with Gasteiger partial charge in [0.2, 0.25) is 0 Å². The van der Waals surface area contributed by atoms with Crippen molar-refractivity contribution in [2.45, 2.75) is 58.4 Å². The van der Waals surface area contributed by atoms with Crippen LogP contribution >= 0.6 is 0 Å². The summed E-state index contributed by atoms with van der Waals surface area (Å²) in [6.07, 6.45) is -2.46. The summed E-state index contributed by atoms with van der Waals surface area (Å²) in [7, 11) is 1.43. The van der Waals surface area contributed by atoms with Crippen LogP contribution < -0.4 is 9.47 Å². The zero-order valence-corrected chi connectivity index (χ0v) is 17.0. The number of benzene rings is 1. The van der Waals surface area contributed by atoms with E-state index in [0.29, 0.717) is 12.2 Å². The lowest BCUT2D eigenvalue weighted by Gasteiger charge is -2.47. The van der Waals surface area contributed by atoms with Crippen molar-refractivity contribution < 1.29 is 27.8 Å². The maximum atomic E-state index is 12.5. The van der Waals surface area contributed by atoms with E-state index in [1.165, 1.54) is 7.11 Å². The summed E-state index contributed by atoms with van der Waals surface area (Å²) >= 11 is 0. The Bertz CT molecular complexity index is 699. The van der Waals surface area contributed by atoms with Crippen LogP contribution in [0, 0.1) is 11.3 Å². The first kappa shape index (κ1) is 21.2. The lowest BCUT2D eigenvalue weighted by molar-refractivity contribution is -0.153. The van der Waals surface area contributed by atoms with Crippen molar-refractivity contribution in [2.75, 3.05) is 26.8 Å². The molecule has 3 atom stereocenters. The van der Waals surface area contributed by atoms with Crippen LogP contribution in [0.4, 0.5) is 13.2 Å². The monoisotopic (exact) mass is 401 g/mol. The molecule has 2 aliphatic heterocycles. The number of hydrogen-bond acceptors (Lipinski definition) is 4. The number of rotatable bonds is 4. The van der Waals surface area contributed by atoms with Crippen molar-refractivity contribution in [1.82, 2.24) is 4.90 Å². The Morgan fingerprint density at radius 3 is 2.50 bits per heavy atom. The fourth-order valence-corrected chi connectivity index (χ4v) is 4.52. The van der Waals surface area contributed by atoms with Gasteiger partial charge in [-0.25, -0.2) is 0 Å². The third-order valence-corrected chi connectivity index (χ3v) is 5.64. The van der Waals surface area contributed by atoms with E-state index >= 15 is 0 Å². The molecule has 2 aliphatic rings. The van der Waals surface area contributed by atoms with Crippen molar-refractivity contribution in [3.05, 3.63) is 23.3 Å². The lowest BCUT2D eigenvalue weighted by Crippen LogP contribution is -2.48. The van der Waals surface area contributed by atoms with Crippen molar-refractivity contribution in [1.29, 1.82) is 0 Å². The Labute approximate surface area is 164 Å². The Morgan fingerprint density at radius 1 is 1.18 bits per heavy atom. The van der Waals surface area contributed by atoms with E-state index in [0.717, 1.165) is 37.1 Å². The van der Waals surface area contributed by atoms with Crippen LogP contribution in [-0.4, -0.2) is 49.1 Å². The summed E-state index contributed by atoms with van der Waals surface area (Å²) in [5.41, 5.74) is 2.15. The summed E-state index contributed by atoms with van der Waals surface area (Å²) < 4.78 is 47.9. The first-order chi connectivity index (χ1) is 13.0. The van der Waals surface area contributed by atoms with Gasteiger partial charge in [0.05, 0.1) is 13.2 Å². The highest BCUT2D eigenvalue weighted by molar-refractivity contribution is 5.49. The van der Waals surface area contributed by atoms with Gasteiger partial charge in [0.15, 0.2) is 18.1 Å². The number of halogens is 3. The predicted molar refractivity (Wildman–Crippen MR) is 101 cm³/mol. The van der Waals surface area contributed by atoms with Gasteiger partial charge >= 0.3 is 6.18 Å². The topological polar surface area (TPSA) is 41.9 Å². The summed E-state index contributed by atoms with van der Waals surface area (Å²) in [6.45, 7) is 6.87. The average Bonchev–Trinajstić information content (AvgIpc) is 2.58. The molecule has 0 unspecified atom stereocenters. The van der Waals surface area contributed by atoms with Gasteiger partial charge in [-0.05, 0) is 53.9 Å². The van der Waals surface area contributed by atoms with E-state index in [2.05, 4.69) is 25.7 Å². The number of aliphatic hydroxyl groups excluding tert-OH is 1. The molecule has 0 radical (unpaired) electrons. The van der Waals surface area contributed by atoms with Crippen LogP contribution in [-0.2, 0) is 6.42 Å². The van der Waals surface area contributed by atoms with E-state index in [1.807, 2.05) is 0 Å². The summed E-state index contributed by atoms with van der Waals surface area (Å²) in [5.74, 6) is 0.652. The Hall–Kier alpha value is -1.47. The van der Waals surface area contributed by atoms with Gasteiger partial charge in [0.1, 0.15) is 0 Å². The van der Waals surface area contributed by atoms with Crippen LogP contribution in [0.1, 0.15) is 50.8 Å². The average molecular weight is 401 g/mol. The first-order valence-corrected chi connectivity index (χ1v) is 9.79. The van der Waals surface area contributed by atoms with Crippen LogP contribution in [0.15, 0.2) is 12.1 Å². The second-order valence-electron chi connectivity index (χ2n) is 9.19. The molecule has 28 heavy (non-hydrogen) atoms. The molecule has 1 fully saturated rings. The predicted octanol–water partition coefficient (Wildman–Crippen LogP) is 4.35. The molecular formula is C21H30F3NO3. The number of nitrogens with zero attached hydrogens (tertiary/aromatic N) is 1. The van der Waals surface area contributed by atoms with E-state index in [1.54, 1.807) is 12.1 Å². The molecule has 1 aromatic carbocycles. The maximum Gasteiger partial charge on any atom is 0.422 e. The molecule has 2 heterocycles. The zero-order chi connectivity index (χ0) is 20.7. The molecule has 0 amide bonds. The minimum absolute atomic E-state index is 0.0561. The minimum Gasteiger partial charge on any atom is -0.493 e. The number of ether oxygens (including phenoxy) is 2. The van der Waals surface area contributed by atoms with Crippen molar-refractivity contribution in [3.63, 3.8) is 0 Å². The highest BCUT2D eigenvalue weighted by Gasteiger charge is 2.40. The van der Waals surface area contributed by atoms with Gasteiger partial charge in [0, 0.05) is 19.1 Å². The molecule has 0 spiro atoms. The quantitative estimate of drug-likeness (QED) is 0.814. The molecule has 0 bridgehead atoms. The van der Waals surface area contributed by atoms with E-state index in [4.69, 9.17) is 9.47 Å². The van der Waals surface area contributed by atoms with Gasteiger partial charge in [-0.1, -0.05) is 20.8 Å². The summed E-state index contributed by atoms with van der Waals surface area (Å²) in [5, 5.41) is 10.7. The highest BCUT2D eigenvalue weighted by Crippen LogP contribution is 2.44.